The van der Waals surface area contributed by atoms with Crippen molar-refractivity contribution in [3.8, 4) is 61.3 Å². The molecule has 0 N–H and O–H groups in total. The summed E-state index contributed by atoms with van der Waals surface area (Å²) in [5.41, 5.74) is 21.6. The first-order chi connectivity index (χ1) is 32.0. The molecule has 0 radical (unpaired) electrons. The zero-order valence-corrected chi connectivity index (χ0v) is 36.5. The van der Waals surface area contributed by atoms with E-state index in [1.54, 1.807) is 0 Å². The molecule has 10 aromatic carbocycles. The van der Waals surface area contributed by atoms with Crippen molar-refractivity contribution in [2.75, 3.05) is 4.90 Å². The molecule has 0 spiro atoms. The third-order valence-electron chi connectivity index (χ3n) is 13.6. The van der Waals surface area contributed by atoms with Gasteiger partial charge in [0.15, 0.2) is 0 Å². The van der Waals surface area contributed by atoms with Crippen LogP contribution in [0.1, 0.15) is 25.0 Å². The van der Waals surface area contributed by atoms with E-state index >= 15 is 0 Å². The van der Waals surface area contributed by atoms with Gasteiger partial charge < -0.3 is 9.47 Å². The van der Waals surface area contributed by atoms with Gasteiger partial charge in [-0.1, -0.05) is 202 Å². The first-order valence-electron chi connectivity index (χ1n) is 22.6. The van der Waals surface area contributed by atoms with Crippen LogP contribution in [0.15, 0.2) is 243 Å². The van der Waals surface area contributed by atoms with Crippen molar-refractivity contribution in [3.05, 3.63) is 254 Å². The molecule has 0 atom stereocenters. The molecule has 11 aromatic rings. The fourth-order valence-corrected chi connectivity index (χ4v) is 10.5. The maximum absolute atomic E-state index is 2.48. The quantitative estimate of drug-likeness (QED) is 0.148. The molecule has 1 heterocycles. The van der Waals surface area contributed by atoms with Crippen LogP contribution in [0, 0.1) is 0 Å². The Hall–Kier alpha value is -8.20. The topological polar surface area (TPSA) is 8.17 Å². The van der Waals surface area contributed by atoms with Crippen molar-refractivity contribution in [2.24, 2.45) is 0 Å². The maximum atomic E-state index is 2.48. The Labute approximate surface area is 381 Å². The number of hydrogen-bond acceptors (Lipinski definition) is 1. The zero-order chi connectivity index (χ0) is 43.5. The van der Waals surface area contributed by atoms with E-state index in [1.165, 1.54) is 77.4 Å². The molecular weight excluding hydrogens is 785 g/mol. The van der Waals surface area contributed by atoms with Crippen molar-refractivity contribution < 1.29 is 0 Å². The number of para-hydroxylation sites is 3. The highest BCUT2D eigenvalue weighted by molar-refractivity contribution is 6.10. The molecule has 0 aliphatic heterocycles. The summed E-state index contributed by atoms with van der Waals surface area (Å²) in [6.45, 7) is 4.71. The molecule has 0 saturated carbocycles. The number of benzene rings is 10. The number of nitrogens with zero attached hydrogens (tertiary/aromatic N) is 2. The highest BCUT2D eigenvalue weighted by Crippen LogP contribution is 2.52. The number of fused-ring (bicyclic) bond motifs is 6. The minimum absolute atomic E-state index is 0.0982. The van der Waals surface area contributed by atoms with Gasteiger partial charge in [-0.05, 0) is 116 Å². The van der Waals surface area contributed by atoms with Crippen LogP contribution in [-0.2, 0) is 5.41 Å². The van der Waals surface area contributed by atoms with E-state index in [4.69, 9.17) is 0 Å². The Bertz CT molecular complexity index is 3580. The Balaban J connectivity index is 1.06. The second-order valence-electron chi connectivity index (χ2n) is 17.7. The lowest BCUT2D eigenvalue weighted by Crippen LogP contribution is -2.15. The summed E-state index contributed by atoms with van der Waals surface area (Å²) in [4.78, 5) is 2.48. The lowest BCUT2D eigenvalue weighted by molar-refractivity contribution is 0.660. The van der Waals surface area contributed by atoms with Crippen molar-refractivity contribution >= 4 is 38.9 Å². The molecule has 2 nitrogen and oxygen atoms in total. The van der Waals surface area contributed by atoms with Crippen LogP contribution in [0.25, 0.3) is 83.1 Å². The van der Waals surface area contributed by atoms with E-state index in [0.717, 1.165) is 33.9 Å². The van der Waals surface area contributed by atoms with Crippen molar-refractivity contribution in [3.63, 3.8) is 0 Å². The zero-order valence-electron chi connectivity index (χ0n) is 36.5. The summed E-state index contributed by atoms with van der Waals surface area (Å²) in [5, 5.41) is 2.50. The lowest BCUT2D eigenvalue weighted by atomic mass is 9.82. The number of hydrogen-bond donors (Lipinski definition) is 0. The molecule has 0 amide bonds. The van der Waals surface area contributed by atoms with Crippen LogP contribution >= 0.6 is 0 Å². The largest absolute Gasteiger partial charge is 0.310 e. The molecule has 65 heavy (non-hydrogen) atoms. The van der Waals surface area contributed by atoms with Crippen LogP contribution in [-0.4, -0.2) is 4.57 Å². The van der Waals surface area contributed by atoms with Gasteiger partial charge in [-0.3, -0.25) is 0 Å². The first kappa shape index (κ1) is 38.5. The molecule has 0 fully saturated rings. The average Bonchev–Trinajstić information content (AvgIpc) is 3.82. The SMILES string of the molecule is CC1(C)c2ccccc2-c2cc(N(c3cccc(-c4ccc5c6ccccc6n(-c6ccccc6)c5c4)c3)c3ccccc3-c3ccccc3-c3ccccc3-c3ccccc3)ccc21. The molecule has 1 aliphatic carbocycles. The van der Waals surface area contributed by atoms with Crippen molar-refractivity contribution in [1.82, 2.24) is 4.57 Å². The van der Waals surface area contributed by atoms with Gasteiger partial charge in [-0.25, -0.2) is 0 Å². The van der Waals surface area contributed by atoms with Crippen molar-refractivity contribution in [1.29, 1.82) is 0 Å². The summed E-state index contributed by atoms with van der Waals surface area (Å²) in [6.07, 6.45) is 0. The Morgan fingerprint density at radius 2 is 0.862 bits per heavy atom. The lowest BCUT2D eigenvalue weighted by Gasteiger charge is -2.30. The first-order valence-corrected chi connectivity index (χ1v) is 22.6. The Kier molecular flexibility index (Phi) is 9.21. The summed E-state index contributed by atoms with van der Waals surface area (Å²) in [6, 6.07) is 88.9. The summed E-state index contributed by atoms with van der Waals surface area (Å²) < 4.78 is 2.40. The molecule has 308 valence electrons. The fraction of sp³-hybridized carbons (Fsp3) is 0.0476. The predicted octanol–water partition coefficient (Wildman–Crippen LogP) is 17.2. The van der Waals surface area contributed by atoms with E-state index in [-0.39, 0.29) is 5.41 Å². The molecule has 0 saturated heterocycles. The monoisotopic (exact) mass is 830 g/mol. The third-order valence-corrected chi connectivity index (χ3v) is 13.6. The average molecular weight is 831 g/mol. The van der Waals surface area contributed by atoms with E-state index < -0.39 is 0 Å². The summed E-state index contributed by atoms with van der Waals surface area (Å²) in [7, 11) is 0. The predicted molar refractivity (Wildman–Crippen MR) is 275 cm³/mol. The van der Waals surface area contributed by atoms with E-state index in [1.807, 2.05) is 0 Å². The number of aromatic nitrogens is 1. The van der Waals surface area contributed by atoms with Gasteiger partial charge in [0.1, 0.15) is 0 Å². The second kappa shape index (κ2) is 15.6. The van der Waals surface area contributed by atoms with Crippen LogP contribution in [0.3, 0.4) is 0 Å². The Morgan fingerprint density at radius 3 is 1.65 bits per heavy atom. The van der Waals surface area contributed by atoms with Gasteiger partial charge in [0.05, 0.1) is 16.7 Å². The van der Waals surface area contributed by atoms with Gasteiger partial charge in [0.2, 0.25) is 0 Å². The molecule has 0 bridgehead atoms. The third kappa shape index (κ3) is 6.40. The van der Waals surface area contributed by atoms with Gasteiger partial charge in [0.25, 0.3) is 0 Å². The second-order valence-corrected chi connectivity index (χ2v) is 17.7. The molecule has 1 aliphatic rings. The van der Waals surface area contributed by atoms with Gasteiger partial charge in [-0.15, -0.1) is 0 Å². The summed E-state index contributed by atoms with van der Waals surface area (Å²) in [5.74, 6) is 0. The smallest absolute Gasteiger partial charge is 0.0547 e. The number of rotatable bonds is 8. The van der Waals surface area contributed by atoms with Crippen molar-refractivity contribution in [2.45, 2.75) is 19.3 Å². The molecular formula is C63H46N2. The fourth-order valence-electron chi connectivity index (χ4n) is 10.5. The normalized spacial score (nSPS) is 12.6. The minimum atomic E-state index is -0.0982. The highest BCUT2D eigenvalue weighted by atomic mass is 15.1. The number of anilines is 3. The van der Waals surface area contributed by atoms with E-state index in [2.05, 4.69) is 266 Å². The Morgan fingerprint density at radius 1 is 0.323 bits per heavy atom. The van der Waals surface area contributed by atoms with Crippen LogP contribution in [0.4, 0.5) is 17.1 Å². The van der Waals surface area contributed by atoms with Crippen LogP contribution in [0.5, 0.6) is 0 Å². The van der Waals surface area contributed by atoms with Crippen LogP contribution < -0.4 is 4.90 Å². The maximum Gasteiger partial charge on any atom is 0.0547 e. The van der Waals surface area contributed by atoms with Crippen LogP contribution in [0.2, 0.25) is 0 Å². The van der Waals surface area contributed by atoms with Gasteiger partial charge in [-0.2, -0.15) is 0 Å². The summed E-state index contributed by atoms with van der Waals surface area (Å²) >= 11 is 0. The molecule has 12 rings (SSSR count). The van der Waals surface area contributed by atoms with E-state index in [9.17, 15) is 0 Å². The molecule has 2 heteroatoms. The van der Waals surface area contributed by atoms with Gasteiger partial charge in [0, 0.05) is 38.8 Å². The highest BCUT2D eigenvalue weighted by Gasteiger charge is 2.35. The van der Waals surface area contributed by atoms with Gasteiger partial charge >= 0.3 is 0 Å². The standard InChI is InChI=1S/C63H46N2/c1-63(2)58-33-16-13-30-53(58)57-42-48(37-39-59(57)63)64(60-34-17-14-31-54(60)52-29-12-11-28-51(52)50-27-10-9-26-49(50)43-20-5-3-6-21-43)47-25-19-22-44(40-47)45-36-38-56-55-32-15-18-35-61(55)65(62(56)41-45)46-23-7-4-8-24-46/h3-42H,1-2H3. The van der Waals surface area contributed by atoms with E-state index in [0.29, 0.717) is 0 Å². The molecule has 0 unspecified atom stereocenters. The molecule has 1 aromatic heterocycles. The minimum Gasteiger partial charge on any atom is -0.310 e.